The van der Waals surface area contributed by atoms with Gasteiger partial charge in [-0.3, -0.25) is 4.79 Å². The Morgan fingerprint density at radius 1 is 1.25 bits per heavy atom. The minimum Gasteiger partial charge on any atom is -0.489 e. The van der Waals surface area contributed by atoms with E-state index >= 15 is 0 Å². The first-order valence-electron chi connectivity index (χ1n) is 7.68. The molecule has 0 saturated heterocycles. The van der Waals surface area contributed by atoms with Crippen molar-refractivity contribution in [3.63, 3.8) is 0 Å². The SMILES string of the molecule is CCC=CCCOc1cccc2c(OC(C)=O)c(OC)c(=O)oc12. The van der Waals surface area contributed by atoms with Gasteiger partial charge in [0.2, 0.25) is 5.75 Å². The van der Waals surface area contributed by atoms with Crippen molar-refractivity contribution in [3.8, 4) is 17.2 Å². The molecule has 0 aliphatic heterocycles. The molecule has 0 atom stereocenters. The van der Waals surface area contributed by atoms with Gasteiger partial charge in [0.15, 0.2) is 17.1 Å². The van der Waals surface area contributed by atoms with Gasteiger partial charge in [-0.2, -0.15) is 0 Å². The number of rotatable bonds is 7. The molecule has 0 amide bonds. The molecule has 0 aliphatic rings. The minimum absolute atomic E-state index is 0.0348. The predicted octanol–water partition coefficient (Wildman–Crippen LogP) is 3.46. The Hall–Kier alpha value is -2.76. The van der Waals surface area contributed by atoms with Crippen LogP contribution in [0.1, 0.15) is 26.7 Å². The van der Waals surface area contributed by atoms with Crippen molar-refractivity contribution in [1.29, 1.82) is 0 Å². The Kier molecular flexibility index (Phi) is 6.01. The highest BCUT2D eigenvalue weighted by molar-refractivity contribution is 5.91. The van der Waals surface area contributed by atoms with Crippen LogP contribution in [-0.4, -0.2) is 19.7 Å². The van der Waals surface area contributed by atoms with E-state index in [1.807, 2.05) is 6.08 Å². The molecule has 1 aromatic heterocycles. The van der Waals surface area contributed by atoms with Gasteiger partial charge in [0.25, 0.3) is 0 Å². The molecule has 0 radical (unpaired) electrons. The van der Waals surface area contributed by atoms with E-state index in [1.165, 1.54) is 14.0 Å². The van der Waals surface area contributed by atoms with Crippen LogP contribution in [0, 0.1) is 0 Å². The van der Waals surface area contributed by atoms with Crippen LogP contribution >= 0.6 is 0 Å². The zero-order chi connectivity index (χ0) is 17.5. The number of ether oxygens (including phenoxy) is 3. The molecule has 2 rings (SSSR count). The van der Waals surface area contributed by atoms with Gasteiger partial charge in [-0.25, -0.2) is 4.79 Å². The first-order chi connectivity index (χ1) is 11.6. The van der Waals surface area contributed by atoms with Crippen LogP contribution in [0.4, 0.5) is 0 Å². The van der Waals surface area contributed by atoms with Crippen LogP contribution in [0.5, 0.6) is 17.2 Å². The molecular weight excluding hydrogens is 312 g/mol. The zero-order valence-corrected chi connectivity index (χ0v) is 14.0. The smallest absolute Gasteiger partial charge is 0.383 e. The molecule has 1 heterocycles. The second-order valence-corrected chi connectivity index (χ2v) is 5.00. The number of methoxy groups -OCH3 is 1. The lowest BCUT2D eigenvalue weighted by atomic mass is 10.2. The van der Waals surface area contributed by atoms with Crippen molar-refractivity contribution in [1.82, 2.24) is 0 Å². The van der Waals surface area contributed by atoms with E-state index < -0.39 is 11.6 Å². The highest BCUT2D eigenvalue weighted by atomic mass is 16.6. The van der Waals surface area contributed by atoms with Crippen molar-refractivity contribution in [2.45, 2.75) is 26.7 Å². The van der Waals surface area contributed by atoms with Gasteiger partial charge in [0.05, 0.1) is 19.1 Å². The second-order valence-electron chi connectivity index (χ2n) is 5.00. The number of fused-ring (bicyclic) bond motifs is 1. The summed E-state index contributed by atoms with van der Waals surface area (Å²) in [5.74, 6) is -0.268. The van der Waals surface area contributed by atoms with Crippen LogP contribution in [-0.2, 0) is 4.79 Å². The Bertz CT molecular complexity index is 803. The molecule has 6 heteroatoms. The number of hydrogen-bond donors (Lipinski definition) is 0. The predicted molar refractivity (Wildman–Crippen MR) is 89.9 cm³/mol. The quantitative estimate of drug-likeness (QED) is 0.334. The van der Waals surface area contributed by atoms with Crippen LogP contribution in [0.3, 0.4) is 0 Å². The Morgan fingerprint density at radius 2 is 2.04 bits per heavy atom. The molecule has 0 N–H and O–H groups in total. The number of hydrogen-bond acceptors (Lipinski definition) is 6. The number of carbonyl (C=O) groups is 1. The lowest BCUT2D eigenvalue weighted by Gasteiger charge is -2.12. The van der Waals surface area contributed by atoms with E-state index in [0.29, 0.717) is 17.7 Å². The molecule has 0 unspecified atom stereocenters. The van der Waals surface area contributed by atoms with Crippen LogP contribution in [0.25, 0.3) is 11.0 Å². The summed E-state index contributed by atoms with van der Waals surface area (Å²) in [6, 6.07) is 5.09. The summed E-state index contributed by atoms with van der Waals surface area (Å²) in [7, 11) is 1.31. The summed E-state index contributed by atoms with van der Waals surface area (Å²) in [6.07, 6.45) is 5.78. The first kappa shape index (κ1) is 17.6. The molecular formula is C18H20O6. The Balaban J connectivity index is 2.45. The van der Waals surface area contributed by atoms with Crippen molar-refractivity contribution in [2.24, 2.45) is 0 Å². The third kappa shape index (κ3) is 3.95. The molecule has 0 spiro atoms. The topological polar surface area (TPSA) is 75.0 Å². The number of para-hydroxylation sites is 1. The van der Waals surface area contributed by atoms with Gasteiger partial charge in [-0.15, -0.1) is 0 Å². The van der Waals surface area contributed by atoms with E-state index in [1.54, 1.807) is 18.2 Å². The molecule has 0 bridgehead atoms. The van der Waals surface area contributed by atoms with E-state index in [2.05, 4.69) is 13.0 Å². The van der Waals surface area contributed by atoms with Gasteiger partial charge in [0, 0.05) is 6.92 Å². The van der Waals surface area contributed by atoms with Gasteiger partial charge in [0.1, 0.15) is 0 Å². The summed E-state index contributed by atoms with van der Waals surface area (Å²) in [4.78, 5) is 23.4. The highest BCUT2D eigenvalue weighted by Gasteiger charge is 2.20. The summed E-state index contributed by atoms with van der Waals surface area (Å²) in [5.41, 5.74) is -0.512. The molecule has 24 heavy (non-hydrogen) atoms. The van der Waals surface area contributed by atoms with E-state index in [0.717, 1.165) is 12.8 Å². The summed E-state index contributed by atoms with van der Waals surface area (Å²) in [6.45, 7) is 3.75. The molecule has 0 saturated carbocycles. The minimum atomic E-state index is -0.733. The van der Waals surface area contributed by atoms with Crippen molar-refractivity contribution in [3.05, 3.63) is 40.8 Å². The fourth-order valence-corrected chi connectivity index (χ4v) is 2.21. The number of carbonyl (C=O) groups excluding carboxylic acids is 1. The van der Waals surface area contributed by atoms with Crippen molar-refractivity contribution in [2.75, 3.05) is 13.7 Å². The van der Waals surface area contributed by atoms with Crippen molar-refractivity contribution < 1.29 is 23.4 Å². The second kappa shape index (κ2) is 8.19. The Labute approximate surface area is 139 Å². The van der Waals surface area contributed by atoms with Gasteiger partial charge in [-0.05, 0) is 25.0 Å². The van der Waals surface area contributed by atoms with Crippen molar-refractivity contribution >= 4 is 16.9 Å². The average molecular weight is 332 g/mol. The number of allylic oxidation sites excluding steroid dienone is 1. The van der Waals surface area contributed by atoms with Gasteiger partial charge in [-0.1, -0.05) is 25.1 Å². The van der Waals surface area contributed by atoms with Crippen LogP contribution < -0.4 is 19.8 Å². The average Bonchev–Trinajstić information content (AvgIpc) is 2.55. The van der Waals surface area contributed by atoms with Gasteiger partial charge < -0.3 is 18.6 Å². The molecule has 128 valence electrons. The fraction of sp³-hybridized carbons (Fsp3) is 0.333. The summed E-state index contributed by atoms with van der Waals surface area (Å²) >= 11 is 0. The number of esters is 1. The highest BCUT2D eigenvalue weighted by Crippen LogP contribution is 2.36. The van der Waals surface area contributed by atoms with Crippen LogP contribution in [0.15, 0.2) is 39.6 Å². The maximum absolute atomic E-state index is 12.1. The standard InChI is InChI=1S/C18H20O6/c1-4-5-6-7-11-22-14-10-8-9-13-15(14)24-18(20)17(21-3)16(13)23-12(2)19/h5-6,8-10H,4,7,11H2,1-3H3. The van der Waals surface area contributed by atoms with E-state index in [9.17, 15) is 9.59 Å². The molecule has 1 aromatic carbocycles. The largest absolute Gasteiger partial charge is 0.489 e. The lowest BCUT2D eigenvalue weighted by molar-refractivity contribution is -0.131. The third-order valence-corrected chi connectivity index (χ3v) is 3.20. The third-order valence-electron chi connectivity index (χ3n) is 3.20. The van der Waals surface area contributed by atoms with E-state index in [4.69, 9.17) is 18.6 Å². The van der Waals surface area contributed by atoms with Crippen LogP contribution in [0.2, 0.25) is 0 Å². The molecule has 0 fully saturated rings. The first-order valence-corrected chi connectivity index (χ1v) is 7.68. The molecule has 0 aliphatic carbocycles. The lowest BCUT2D eigenvalue weighted by Crippen LogP contribution is -2.11. The zero-order valence-electron chi connectivity index (χ0n) is 14.0. The Morgan fingerprint density at radius 3 is 2.71 bits per heavy atom. The maximum Gasteiger partial charge on any atom is 0.383 e. The fourth-order valence-electron chi connectivity index (χ4n) is 2.21. The number of benzene rings is 1. The maximum atomic E-state index is 12.1. The monoisotopic (exact) mass is 332 g/mol. The molecule has 6 nitrogen and oxygen atoms in total. The molecule has 2 aromatic rings. The van der Waals surface area contributed by atoms with E-state index in [-0.39, 0.29) is 17.1 Å². The van der Waals surface area contributed by atoms with Gasteiger partial charge >= 0.3 is 11.6 Å². The summed E-state index contributed by atoms with van der Waals surface area (Å²) < 4.78 is 21.2. The normalized spacial score (nSPS) is 11.0. The summed E-state index contributed by atoms with van der Waals surface area (Å²) in [5, 5.41) is 0.434.